The van der Waals surface area contributed by atoms with Crippen LogP contribution in [-0.2, 0) is 64.3 Å². The molecule has 3 aliphatic heterocycles. The van der Waals surface area contributed by atoms with E-state index in [1.807, 2.05) is 11.8 Å². The normalized spacial score (nSPS) is 20.8. The SMILES string of the molecule is Nc1nc(=O)n([C@@H]2O[C@H](COP(=O)(O)O)C(OP(=O)(O)O)[C@@H]2O)cc1CCCNC(=O)c1ccc(/N=N/c2cc(CCNC(=O)CCOCCOCCOCCOCCNC(=O)CCCC[C@@H]3SC[C@@H]4NC(=O)N[C@@H]43)ccc2O)cc1. The summed E-state index contributed by atoms with van der Waals surface area (Å²) in [5.41, 5.74) is 6.85. The number of aliphatic hydroxyl groups is 1. The van der Waals surface area contributed by atoms with Crippen molar-refractivity contribution in [3.63, 3.8) is 0 Å². The number of anilines is 1. The molecule has 3 saturated heterocycles. The second kappa shape index (κ2) is 32.4. The van der Waals surface area contributed by atoms with E-state index in [4.69, 9.17) is 39.2 Å². The summed E-state index contributed by atoms with van der Waals surface area (Å²) in [4.78, 5) is 102. The van der Waals surface area contributed by atoms with Crippen LogP contribution in [0, 0.1) is 0 Å². The number of unbranched alkanes of at least 4 members (excludes halogenated alkanes) is 1. The van der Waals surface area contributed by atoms with Crippen molar-refractivity contribution in [2.75, 3.05) is 90.6 Å². The zero-order valence-electron chi connectivity index (χ0n) is 44.1. The maximum absolute atomic E-state index is 12.9. The molecule has 7 atom stereocenters. The number of carbonyl (C=O) groups is 4. The molecule has 0 saturated carbocycles. The first kappa shape index (κ1) is 64.7. The number of phosphoric ester groups is 2. The number of urea groups is 1. The lowest BCUT2D eigenvalue weighted by Crippen LogP contribution is -2.38. The van der Waals surface area contributed by atoms with Gasteiger partial charge in [0.2, 0.25) is 11.8 Å². The van der Waals surface area contributed by atoms with Crippen LogP contribution in [0.3, 0.4) is 0 Å². The number of hydrogen-bond acceptors (Lipinski definition) is 21. The van der Waals surface area contributed by atoms with Crippen LogP contribution in [0.1, 0.15) is 66.2 Å². The fourth-order valence-electron chi connectivity index (χ4n) is 8.60. The average molecular weight is 1200 g/mol. The van der Waals surface area contributed by atoms with E-state index in [1.54, 1.807) is 24.3 Å². The van der Waals surface area contributed by atoms with Crippen LogP contribution in [0.15, 0.2) is 63.7 Å². The van der Waals surface area contributed by atoms with Crippen LogP contribution < -0.4 is 38.0 Å². The Hall–Kier alpha value is -5.47. The lowest BCUT2D eigenvalue weighted by Gasteiger charge is -2.21. The molecule has 1 unspecified atom stereocenters. The minimum atomic E-state index is -5.28. The predicted octanol–water partition coefficient (Wildman–Crippen LogP) is 1.11. The minimum Gasteiger partial charge on any atom is -0.506 e. The highest BCUT2D eigenvalue weighted by Gasteiger charge is 2.49. The summed E-state index contributed by atoms with van der Waals surface area (Å²) in [5, 5.41) is 44.4. The molecule has 6 rings (SSSR count). The summed E-state index contributed by atoms with van der Waals surface area (Å²) in [6.07, 6.45) is -1.78. The highest BCUT2D eigenvalue weighted by atomic mass is 32.2. The van der Waals surface area contributed by atoms with Gasteiger partial charge in [-0.25, -0.2) is 18.7 Å². The number of aromatic nitrogens is 2. The summed E-state index contributed by atoms with van der Waals surface area (Å²) in [6, 6.07) is 11.3. The number of ether oxygens (including phenoxy) is 5. The molecule has 1 aromatic heterocycles. The topological polar surface area (TPSA) is 434 Å². The molecule has 13 N–H and O–H groups in total. The number of aryl methyl sites for hydroxylation is 1. The largest absolute Gasteiger partial charge is 0.506 e. The van der Waals surface area contributed by atoms with E-state index in [0.29, 0.717) is 88.7 Å². The first-order valence-corrected chi connectivity index (χ1v) is 30.1. The van der Waals surface area contributed by atoms with Crippen molar-refractivity contribution in [1.82, 2.24) is 36.1 Å². The number of benzene rings is 2. The zero-order chi connectivity index (χ0) is 58.4. The number of nitrogens with two attached hydrogens (primary N) is 1. The highest BCUT2D eigenvalue weighted by molar-refractivity contribution is 8.00. The third kappa shape index (κ3) is 22.3. The number of nitrogens with zero attached hydrogens (tertiary/aromatic N) is 4. The van der Waals surface area contributed by atoms with Gasteiger partial charge in [-0.3, -0.25) is 28.0 Å². The molecule has 448 valence electrons. The van der Waals surface area contributed by atoms with E-state index in [-0.39, 0.29) is 85.2 Å². The van der Waals surface area contributed by atoms with Gasteiger partial charge in [0, 0.05) is 60.8 Å². The maximum Gasteiger partial charge on any atom is 0.470 e. The third-order valence-electron chi connectivity index (χ3n) is 12.6. The first-order valence-electron chi connectivity index (χ1n) is 26.0. The Morgan fingerprint density at radius 3 is 2.19 bits per heavy atom. The van der Waals surface area contributed by atoms with Crippen LogP contribution >= 0.6 is 27.4 Å². The Bertz CT molecular complexity index is 2740. The third-order valence-corrected chi connectivity index (χ3v) is 15.1. The standard InChI is InChI=1S/C48H70N10O20P2S/c49-44-32(27-58(48(65)55-44)46-42(62)43(78-80(69,70)71)37(77-46)28-76-79(66,67)68)4-3-15-52-45(63)31-8-10-33(11-9-31)56-57-34-26-30(7-12-36(34)59)13-16-50-40(61)14-18-72-20-22-74-24-25-75-23-21-73-19-17-51-39(60)6-2-1-5-38-41-35(29-81-38)53-47(64)54-41/h7-12,26-27,35,37-38,41-43,46,59,62H,1-6,13-25,28-29H2,(H,50,61)(H,51,60)(H,52,63)(H2,49,55,65)(H2,53,54,64)(H2,66,67,68)(H2,69,70,71)/b57-56+/t35-,37+,38-,41-,42-,43?,46+/m0/s1. The van der Waals surface area contributed by atoms with Gasteiger partial charge in [0.1, 0.15) is 35.6 Å². The second-order valence-electron chi connectivity index (χ2n) is 18.7. The molecule has 33 heteroatoms. The Kier molecular flexibility index (Phi) is 25.9. The molecular formula is C48H70N10O20P2S. The molecule has 3 fully saturated rings. The second-order valence-corrected chi connectivity index (χ2v) is 22.4. The highest BCUT2D eigenvalue weighted by Crippen LogP contribution is 2.45. The summed E-state index contributed by atoms with van der Waals surface area (Å²) in [6.45, 7) is 2.68. The van der Waals surface area contributed by atoms with Gasteiger partial charge < -0.3 is 85.8 Å². The van der Waals surface area contributed by atoms with E-state index in [1.165, 1.54) is 24.4 Å². The monoisotopic (exact) mass is 1200 g/mol. The van der Waals surface area contributed by atoms with Gasteiger partial charge in [-0.05, 0) is 74.1 Å². The molecular weight excluding hydrogens is 1130 g/mol. The average Bonchev–Trinajstić information content (AvgIpc) is 4.16. The van der Waals surface area contributed by atoms with E-state index in [0.717, 1.165) is 35.1 Å². The Morgan fingerprint density at radius 2 is 1.48 bits per heavy atom. The number of azo groups is 1. The number of amides is 5. The number of phosphoric acid groups is 2. The molecule has 2 aromatic carbocycles. The minimum absolute atomic E-state index is 0.00104. The van der Waals surface area contributed by atoms with Crippen LogP contribution in [0.25, 0.3) is 0 Å². The molecule has 0 bridgehead atoms. The van der Waals surface area contributed by atoms with Gasteiger partial charge in [0.05, 0.1) is 77.2 Å². The Labute approximate surface area is 469 Å². The number of fused-ring (bicyclic) bond motifs is 1. The Balaban J connectivity index is 0.774. The van der Waals surface area contributed by atoms with E-state index >= 15 is 0 Å². The molecule has 0 radical (unpaired) electrons. The Morgan fingerprint density at radius 1 is 0.802 bits per heavy atom. The van der Waals surface area contributed by atoms with Crippen molar-refractivity contribution in [2.45, 2.75) is 93.2 Å². The van der Waals surface area contributed by atoms with E-state index < -0.39 is 58.4 Å². The van der Waals surface area contributed by atoms with E-state index in [9.17, 15) is 53.1 Å². The summed E-state index contributed by atoms with van der Waals surface area (Å²) < 4.78 is 60.1. The smallest absolute Gasteiger partial charge is 0.470 e. The fraction of sp³-hybridized carbons (Fsp3) is 0.583. The summed E-state index contributed by atoms with van der Waals surface area (Å²) >= 11 is 1.87. The molecule has 3 aromatic rings. The molecule has 0 spiro atoms. The summed E-state index contributed by atoms with van der Waals surface area (Å²) in [5.74, 6) is 0.00279. The molecule has 81 heavy (non-hydrogen) atoms. The molecule has 30 nitrogen and oxygen atoms in total. The number of carbonyl (C=O) groups excluding carboxylic acids is 4. The predicted molar refractivity (Wildman–Crippen MR) is 289 cm³/mol. The number of hydrogen-bond donors (Lipinski definition) is 12. The number of aromatic hydroxyl groups is 1. The van der Waals surface area contributed by atoms with Crippen molar-refractivity contribution in [3.05, 3.63) is 75.8 Å². The molecule has 4 heterocycles. The van der Waals surface area contributed by atoms with Crippen LogP contribution in [-0.4, -0.2) is 184 Å². The van der Waals surface area contributed by atoms with Crippen LogP contribution in [0.5, 0.6) is 5.75 Å². The maximum atomic E-state index is 12.9. The molecule has 3 aliphatic rings. The van der Waals surface area contributed by atoms with Gasteiger partial charge in [0.15, 0.2) is 6.23 Å². The molecule has 5 amide bonds. The number of rotatable bonds is 36. The van der Waals surface area contributed by atoms with Gasteiger partial charge in [-0.15, -0.1) is 5.11 Å². The number of phenols is 1. The number of nitrogen functional groups attached to an aromatic ring is 1. The van der Waals surface area contributed by atoms with E-state index in [2.05, 4.69) is 50.8 Å². The quantitative estimate of drug-likeness (QED) is 0.0168. The first-order chi connectivity index (χ1) is 38.7. The van der Waals surface area contributed by atoms with Crippen molar-refractivity contribution >= 4 is 68.4 Å². The van der Waals surface area contributed by atoms with Gasteiger partial charge in [-0.1, -0.05) is 12.5 Å². The lowest BCUT2D eigenvalue weighted by molar-refractivity contribution is -0.122. The van der Waals surface area contributed by atoms with Crippen molar-refractivity contribution in [3.8, 4) is 5.75 Å². The van der Waals surface area contributed by atoms with Crippen LogP contribution in [0.4, 0.5) is 22.0 Å². The van der Waals surface area contributed by atoms with Crippen molar-refractivity contribution in [1.29, 1.82) is 0 Å². The van der Waals surface area contributed by atoms with Crippen LogP contribution in [0.2, 0.25) is 0 Å². The fourth-order valence-corrected chi connectivity index (χ4v) is 11.1. The number of phenolic OH excluding ortho intramolecular Hbond substituents is 1. The molecule has 0 aliphatic carbocycles. The van der Waals surface area contributed by atoms with Gasteiger partial charge in [0.25, 0.3) is 5.91 Å². The van der Waals surface area contributed by atoms with Crippen molar-refractivity contribution < 1.29 is 90.8 Å². The van der Waals surface area contributed by atoms with Gasteiger partial charge in [-0.2, -0.15) is 21.9 Å². The number of thioether (sulfide) groups is 1. The zero-order valence-corrected chi connectivity index (χ0v) is 46.7. The van der Waals surface area contributed by atoms with Gasteiger partial charge >= 0.3 is 27.4 Å². The number of aliphatic hydroxyl groups excluding tert-OH is 1. The summed E-state index contributed by atoms with van der Waals surface area (Å²) in [7, 11) is -10.4. The number of nitrogens with one attached hydrogen (secondary N) is 5. The lowest BCUT2D eigenvalue weighted by atomic mass is 10.0. The van der Waals surface area contributed by atoms with Crippen molar-refractivity contribution in [2.24, 2.45) is 10.2 Å².